The van der Waals surface area contributed by atoms with Crippen LogP contribution in [0.15, 0.2) is 24.3 Å². The number of nitrogens with two attached hydrogens (primary N) is 2. The van der Waals surface area contributed by atoms with Crippen LogP contribution in [0.25, 0.3) is 0 Å². The molecule has 4 rings (SSSR count). The Morgan fingerprint density at radius 3 is 2.01 bits per heavy atom. The number of phenolic OH excluding ortho intramolecular Hbond substituents is 1. The van der Waals surface area contributed by atoms with Crippen LogP contribution in [-0.4, -0.2) is 204 Å². The number of rotatable bonds is 23. The minimum Gasteiger partial charge on any atom is -0.508 e. The van der Waals surface area contributed by atoms with Crippen molar-refractivity contribution in [3.8, 4) is 5.75 Å². The van der Waals surface area contributed by atoms with E-state index < -0.39 is 172 Å². The van der Waals surface area contributed by atoms with E-state index in [1.54, 1.807) is 0 Å². The molecule has 0 aliphatic carbocycles. The zero-order valence-corrected chi connectivity index (χ0v) is 44.6. The lowest BCUT2D eigenvalue weighted by Crippen LogP contribution is -2.64. The molecule has 16 atom stereocenters. The number of amides is 7. The first-order chi connectivity index (χ1) is 37.9. The topological polar surface area (TPSA) is 412 Å². The smallest absolute Gasteiger partial charge is 0.248 e. The molecule has 18 N–H and O–H groups in total. The van der Waals surface area contributed by atoms with E-state index in [-0.39, 0.29) is 30.7 Å². The van der Waals surface area contributed by atoms with E-state index in [2.05, 4.69) is 52.7 Å². The van der Waals surface area contributed by atoms with Gasteiger partial charge in [0.1, 0.15) is 54.3 Å². The summed E-state index contributed by atoms with van der Waals surface area (Å²) in [5.41, 5.74) is 11.1. The maximum Gasteiger partial charge on any atom is 0.248 e. The Morgan fingerprint density at radius 2 is 1.38 bits per heavy atom. The zero-order valence-electron chi connectivity index (χ0n) is 48.6. The Bertz CT molecular complexity index is 2260. The van der Waals surface area contributed by atoms with E-state index in [0.29, 0.717) is 24.7 Å². The molecule has 25 heteroatoms. The molecule has 3 fully saturated rings. The molecule has 0 unspecified atom stereocenters. The van der Waals surface area contributed by atoms with E-state index in [9.17, 15) is 74.4 Å². The normalized spacial score (nSPS) is 29.8. The first-order valence-corrected chi connectivity index (χ1v) is 26.8. The molecular weight excluding hydrogens is 1000 g/mol. The van der Waals surface area contributed by atoms with E-state index in [1.807, 2.05) is 0 Å². The Balaban J connectivity index is 1.77. The number of phenols is 1. The van der Waals surface area contributed by atoms with E-state index >= 15 is 0 Å². The molecule has 0 radical (unpaired) electrons. The summed E-state index contributed by atoms with van der Waals surface area (Å²) < 4.78 is 32.7. The van der Waals surface area contributed by atoms with Crippen molar-refractivity contribution in [1.82, 2.24) is 41.7 Å². The fourth-order valence-electron chi connectivity index (χ4n) is 10.00. The van der Waals surface area contributed by atoms with Crippen molar-refractivity contribution in [2.75, 3.05) is 39.2 Å². The third-order valence-electron chi connectivity index (χ3n) is 14.7. The molecule has 1 aromatic carbocycles. The lowest BCUT2D eigenvalue weighted by molar-refractivity contribution is -0.146. The number of aliphatic hydroxyl groups is 7. The molecule has 77 heavy (non-hydrogen) atoms. The molecule has 2 bridgehead atoms. The number of nitrogens with one attached hydrogen (secondary N) is 6. The lowest BCUT2D eigenvalue weighted by atomic mass is 9.91. The second-order valence-corrected chi connectivity index (χ2v) is 21.0. The molecular formula is C52H88N10O15. The summed E-state index contributed by atoms with van der Waals surface area (Å²) in [7, 11) is 0. The van der Waals surface area contributed by atoms with Crippen LogP contribution in [0.4, 0.5) is 0 Å². The van der Waals surface area contributed by atoms with Crippen molar-refractivity contribution >= 4 is 41.4 Å². The van der Waals surface area contributed by atoms with Gasteiger partial charge >= 0.3 is 0 Å². The minimum absolute atomic E-state index is 0.0915. The number of benzene rings is 1. The number of aromatic hydroxyl groups is 1. The summed E-state index contributed by atoms with van der Waals surface area (Å²) in [5.74, 6) is -8.83. The van der Waals surface area contributed by atoms with Gasteiger partial charge < -0.3 is 88.7 Å². The van der Waals surface area contributed by atoms with E-state index in [4.69, 9.17) is 17.0 Å². The number of aliphatic hydroxyl groups excluding tert-OH is 7. The molecule has 3 aliphatic heterocycles. The van der Waals surface area contributed by atoms with Gasteiger partial charge in [0.05, 0.1) is 36.4 Å². The summed E-state index contributed by atoms with van der Waals surface area (Å²) in [4.78, 5) is 102. The van der Waals surface area contributed by atoms with Gasteiger partial charge in [-0.3, -0.25) is 38.9 Å². The van der Waals surface area contributed by atoms with E-state index in [1.165, 1.54) is 12.1 Å². The third kappa shape index (κ3) is 19.1. The molecule has 3 saturated heterocycles. The monoisotopic (exact) mass is 1100 g/mol. The highest BCUT2D eigenvalue weighted by molar-refractivity contribution is 5.97. The lowest BCUT2D eigenvalue weighted by Gasteiger charge is -2.34. The molecule has 3 heterocycles. The number of carbonyl (C=O) groups excluding carboxylic acids is 7. The summed E-state index contributed by atoms with van der Waals surface area (Å²) in [5, 5.41) is 103. The van der Waals surface area contributed by atoms with Gasteiger partial charge in [-0.25, -0.2) is 0 Å². The highest BCUT2D eigenvalue weighted by Crippen LogP contribution is 2.26. The first-order valence-electron chi connectivity index (χ1n) is 28.8. The average Bonchev–Trinajstić information content (AvgIpc) is 4.17. The molecule has 3 aliphatic rings. The fourth-order valence-corrected chi connectivity index (χ4v) is 10.00. The van der Waals surface area contributed by atoms with Gasteiger partial charge in [0.2, 0.25) is 41.4 Å². The maximum atomic E-state index is 14.5. The van der Waals surface area contributed by atoms with Crippen LogP contribution in [0.5, 0.6) is 5.75 Å². The molecule has 25 nitrogen and oxygen atoms in total. The van der Waals surface area contributed by atoms with Gasteiger partial charge in [-0.1, -0.05) is 77.8 Å². The summed E-state index contributed by atoms with van der Waals surface area (Å²) >= 11 is 0. The maximum absolute atomic E-state index is 14.5. The largest absolute Gasteiger partial charge is 0.508 e. The molecule has 7 amide bonds. The van der Waals surface area contributed by atoms with Gasteiger partial charge in [0.25, 0.3) is 0 Å². The fraction of sp³-hybridized carbons (Fsp3) is 0.750. The predicted molar refractivity (Wildman–Crippen MR) is 280 cm³/mol. The third-order valence-corrected chi connectivity index (χ3v) is 14.7. The number of fused-ring (bicyclic) bond motifs is 3. The SMILES string of the molecule is [2H]C([2H])(N)C([2H])([2H])N[C@H]1NC(=O)[C@H]2CN(C[C@H]2O)C(=O)[C@H]([C@H](O)CCN)NC(=O)[C@H]([C@H](O)[C@@H](O)c2ccc(O)cc2)NC(=O)[C@@H]2C[C@@H](O)CN2C(=O)[C@H]([C@@H](C)O)NC(=O)[C@@H](NC(=O)CCCCCCCC[C@@H](C)C[C@@H](C)CC)C[C@H]1O. The highest BCUT2D eigenvalue weighted by atomic mass is 16.3. The molecule has 1 aromatic rings. The Labute approximate surface area is 456 Å². The second-order valence-electron chi connectivity index (χ2n) is 21.0. The van der Waals surface area contributed by atoms with Crippen LogP contribution in [0, 0.1) is 17.8 Å². The number of hydrogen-bond donors (Lipinski definition) is 16. The minimum atomic E-state index is -3.29. The van der Waals surface area contributed by atoms with Gasteiger partial charge in [-0.05, 0) is 62.3 Å². The van der Waals surface area contributed by atoms with Crippen molar-refractivity contribution < 1.29 is 79.9 Å². The van der Waals surface area contributed by atoms with Crippen LogP contribution in [0.3, 0.4) is 0 Å². The molecule has 0 saturated carbocycles. The zero-order chi connectivity index (χ0) is 60.7. The average molecular weight is 1100 g/mol. The molecule has 436 valence electrons. The number of unbranched alkanes of at least 4 members (excludes halogenated alkanes) is 5. The predicted octanol–water partition coefficient (Wildman–Crippen LogP) is -3.45. The van der Waals surface area contributed by atoms with Crippen LogP contribution in [0.2, 0.25) is 0 Å². The second kappa shape index (κ2) is 31.5. The number of hydrogen-bond acceptors (Lipinski definition) is 18. The van der Waals surface area contributed by atoms with Gasteiger partial charge in [-0.15, -0.1) is 0 Å². The van der Waals surface area contributed by atoms with Crippen LogP contribution < -0.4 is 43.4 Å². The van der Waals surface area contributed by atoms with Crippen molar-refractivity contribution in [3.05, 3.63) is 29.8 Å². The van der Waals surface area contributed by atoms with Crippen LogP contribution in [0.1, 0.15) is 128 Å². The van der Waals surface area contributed by atoms with Crippen molar-refractivity contribution in [2.24, 2.45) is 29.2 Å². The first kappa shape index (κ1) is 58.1. The van der Waals surface area contributed by atoms with Gasteiger partial charge in [0.15, 0.2) is 0 Å². The van der Waals surface area contributed by atoms with Crippen LogP contribution in [-0.2, 0) is 33.6 Å². The van der Waals surface area contributed by atoms with Crippen molar-refractivity contribution in [3.63, 3.8) is 0 Å². The molecule has 0 spiro atoms. The van der Waals surface area contributed by atoms with Crippen molar-refractivity contribution in [1.29, 1.82) is 0 Å². The quantitative estimate of drug-likeness (QED) is 0.0474. The number of carbonyl (C=O) groups is 7. The molecule has 0 aromatic heterocycles. The van der Waals surface area contributed by atoms with Crippen molar-refractivity contribution in [2.45, 2.75) is 190 Å². The summed E-state index contributed by atoms with van der Waals surface area (Å²) in [6.07, 6.45) is -9.29. The Hall–Kier alpha value is -5.09. The van der Waals surface area contributed by atoms with Gasteiger partial charge in [0, 0.05) is 57.4 Å². The van der Waals surface area contributed by atoms with E-state index in [0.717, 1.165) is 73.8 Å². The van der Waals surface area contributed by atoms with Gasteiger partial charge in [-0.2, -0.15) is 0 Å². The Kier molecular flexibility index (Phi) is 23.7. The Morgan fingerprint density at radius 1 is 0.740 bits per heavy atom. The summed E-state index contributed by atoms with van der Waals surface area (Å²) in [6.45, 7) is -0.994. The summed E-state index contributed by atoms with van der Waals surface area (Å²) in [6, 6.07) is -5.27. The standard InChI is InChI=1S/C52H88N10O15/c1-5-28(2)22-29(3)12-10-8-6-7-9-11-13-40(69)56-35-24-38(67)46(55-21-20-54)60-47(72)34-26-61(27-39(34)68)51(76)42(37(66)18-19-53)58-50(75)43(45(71)44(70)31-14-16-32(64)17-15-31)59-49(74)36-23-33(65)25-62(36)52(77)41(30(4)63)57-48(35)73/h14-17,28-30,33-39,41-46,55,63-68,70-71H,5-13,18-27,53-54H2,1-4H3,(H,56,69)(H,57,73)(H,58,75)(H,59,74)(H,60,72)/t28-,29+,30+,33+,34-,35-,36-,37+,38+,39+,41-,42-,43-,44-,45-,46-/m0/s1/i20D2,21D2. The highest BCUT2D eigenvalue weighted by Gasteiger charge is 2.48. The number of nitrogens with zero attached hydrogens (tertiary/aromatic N) is 2. The van der Waals surface area contributed by atoms with Crippen LogP contribution >= 0.6 is 0 Å².